The summed E-state index contributed by atoms with van der Waals surface area (Å²) in [6, 6.07) is 13.2. The number of non-ortho nitro benzene ring substituents is 1. The van der Waals surface area contributed by atoms with Crippen molar-refractivity contribution in [1.29, 1.82) is 0 Å². The average molecular weight is 516 g/mol. The van der Waals surface area contributed by atoms with E-state index in [0.717, 1.165) is 16.7 Å². The van der Waals surface area contributed by atoms with Gasteiger partial charge in [0.2, 0.25) is 5.91 Å². The molecule has 2 aromatic carbocycles. The molecule has 2 saturated heterocycles. The molecule has 0 bridgehead atoms. The predicted molar refractivity (Wildman–Crippen MR) is 123 cm³/mol. The van der Waals surface area contributed by atoms with Crippen LogP contribution < -0.4 is 5.32 Å². The normalized spacial score (nSPS) is 23.3. The molecule has 3 unspecified atom stereocenters. The van der Waals surface area contributed by atoms with Crippen molar-refractivity contribution >= 4 is 41.2 Å². The number of esters is 2. The monoisotopic (exact) mass is 515 g/mol. The smallest absolute Gasteiger partial charge is 0.375 e. The number of nitro groups is 1. The van der Waals surface area contributed by atoms with E-state index in [9.17, 15) is 29.3 Å². The first kappa shape index (κ1) is 25.1. The fourth-order valence-electron chi connectivity index (χ4n) is 3.73. The summed E-state index contributed by atoms with van der Waals surface area (Å²) in [7, 11) is 0. The zero-order valence-corrected chi connectivity index (χ0v) is 19.8. The fraction of sp³-hybridized carbons (Fsp3) is 0.304. The molecule has 188 valence electrons. The van der Waals surface area contributed by atoms with E-state index in [1.54, 1.807) is 24.3 Å². The topological polar surface area (TPSA) is 154 Å². The number of ether oxygens (including phenoxy) is 2. The largest absolute Gasteiger partial charge is 0.456 e. The van der Waals surface area contributed by atoms with Gasteiger partial charge in [0.15, 0.2) is 0 Å². The van der Waals surface area contributed by atoms with E-state index in [1.807, 2.05) is 6.07 Å². The molecule has 2 aliphatic rings. The maximum Gasteiger partial charge on any atom is 0.375 e. The van der Waals surface area contributed by atoms with Crippen LogP contribution in [-0.2, 0) is 40.1 Å². The van der Waals surface area contributed by atoms with E-state index in [1.165, 1.54) is 31.2 Å². The molecular weight excluding hydrogens is 494 g/mol. The van der Waals surface area contributed by atoms with Gasteiger partial charge in [-0.25, -0.2) is 4.79 Å². The van der Waals surface area contributed by atoms with Crippen molar-refractivity contribution in [2.45, 2.75) is 41.9 Å². The lowest BCUT2D eigenvalue weighted by Gasteiger charge is -2.32. The molecule has 0 aliphatic carbocycles. The van der Waals surface area contributed by atoms with Gasteiger partial charge >= 0.3 is 17.7 Å². The van der Waals surface area contributed by atoms with Gasteiger partial charge in [-0.3, -0.25) is 29.3 Å². The van der Waals surface area contributed by atoms with Crippen LogP contribution in [0.25, 0.3) is 0 Å². The lowest BCUT2D eigenvalue weighted by molar-refractivity contribution is -0.384. The van der Waals surface area contributed by atoms with Crippen LogP contribution in [0.1, 0.15) is 18.9 Å². The number of hydrogen-bond acceptors (Lipinski definition) is 10. The number of amides is 2. The summed E-state index contributed by atoms with van der Waals surface area (Å²) in [6.45, 7) is 0.667. The van der Waals surface area contributed by atoms with Crippen molar-refractivity contribution in [3.63, 3.8) is 0 Å². The van der Waals surface area contributed by atoms with Crippen molar-refractivity contribution in [2.24, 2.45) is 0 Å². The molecule has 2 fully saturated rings. The molecule has 2 amide bonds. The predicted octanol–water partition coefficient (Wildman–Crippen LogP) is 1.72. The lowest BCUT2D eigenvalue weighted by Crippen LogP contribution is -2.57. The number of carbonyl (C=O) groups excluding carboxylic acids is 4. The third kappa shape index (κ3) is 5.16. The average Bonchev–Trinajstić information content (AvgIpc) is 3.38. The Balaban J connectivity index is 1.56. The van der Waals surface area contributed by atoms with E-state index in [0.29, 0.717) is 10.6 Å². The quantitative estimate of drug-likeness (QED) is 0.312. The van der Waals surface area contributed by atoms with Crippen LogP contribution in [0.4, 0.5) is 5.69 Å². The first-order valence-corrected chi connectivity index (χ1v) is 11.7. The third-order valence-corrected chi connectivity index (χ3v) is 6.61. The number of cyclic esters (lactones) is 1. The molecule has 13 heteroatoms. The third-order valence-electron chi connectivity index (χ3n) is 5.43. The molecule has 2 aromatic rings. The molecular formula is C23H21N3O9S. The molecule has 0 spiro atoms. The number of nitrogens with zero attached hydrogens (tertiary/aromatic N) is 2. The van der Waals surface area contributed by atoms with Crippen LogP contribution in [-0.4, -0.2) is 57.4 Å². The molecule has 2 aliphatic heterocycles. The van der Waals surface area contributed by atoms with Gasteiger partial charge in [0, 0.05) is 30.4 Å². The number of nitrogens with one attached hydrogen (secondary N) is 1. The molecule has 3 atom stereocenters. The van der Waals surface area contributed by atoms with Crippen LogP contribution in [0.3, 0.4) is 0 Å². The number of rotatable bonds is 8. The second-order valence-electron chi connectivity index (χ2n) is 8.01. The Bertz CT molecular complexity index is 1190. The Kier molecular flexibility index (Phi) is 7.22. The second kappa shape index (κ2) is 10.3. The summed E-state index contributed by atoms with van der Waals surface area (Å²) in [5, 5.41) is 13.1. The number of hydroxylamine groups is 2. The lowest BCUT2D eigenvalue weighted by atomic mass is 10.1. The molecule has 0 aromatic heterocycles. The minimum Gasteiger partial charge on any atom is -0.456 e. The minimum absolute atomic E-state index is 0.132. The highest BCUT2D eigenvalue weighted by Crippen LogP contribution is 2.42. The minimum atomic E-state index is -2.21. The zero-order chi connectivity index (χ0) is 25.9. The Morgan fingerprint density at radius 3 is 2.53 bits per heavy atom. The maximum absolute atomic E-state index is 13.3. The standard InChI is InChI=1S/C23H21N3O9S/c1-14(27)24-18-13-34-25(20(18)28)23(11-19(21(29)35-23)36-17-5-3-2-4-6-17)22(30)33-12-15-7-9-16(10-8-15)26(31)32/h2-10,18-19H,11-13H2,1H3,(H,24,27). The van der Waals surface area contributed by atoms with E-state index in [4.69, 9.17) is 14.3 Å². The Labute approximate surface area is 209 Å². The molecule has 4 rings (SSSR count). The van der Waals surface area contributed by atoms with Crippen molar-refractivity contribution in [3.05, 3.63) is 70.3 Å². The van der Waals surface area contributed by atoms with Crippen LogP contribution in [0.5, 0.6) is 0 Å². The van der Waals surface area contributed by atoms with Crippen LogP contribution >= 0.6 is 11.8 Å². The van der Waals surface area contributed by atoms with E-state index in [2.05, 4.69) is 5.32 Å². The van der Waals surface area contributed by atoms with Gasteiger partial charge in [0.1, 0.15) is 24.5 Å². The van der Waals surface area contributed by atoms with Crippen molar-refractivity contribution < 1.29 is 38.4 Å². The number of benzene rings is 2. The van der Waals surface area contributed by atoms with Gasteiger partial charge in [-0.15, -0.1) is 11.8 Å². The Morgan fingerprint density at radius 1 is 1.19 bits per heavy atom. The molecule has 0 saturated carbocycles. The molecule has 0 radical (unpaired) electrons. The molecule has 36 heavy (non-hydrogen) atoms. The number of thioether (sulfide) groups is 1. The number of hydrogen-bond donors (Lipinski definition) is 1. The summed E-state index contributed by atoms with van der Waals surface area (Å²) in [5.41, 5.74) is -1.91. The van der Waals surface area contributed by atoms with Gasteiger partial charge < -0.3 is 14.8 Å². The molecule has 1 N–H and O–H groups in total. The second-order valence-corrected chi connectivity index (χ2v) is 9.29. The highest BCUT2D eigenvalue weighted by molar-refractivity contribution is 8.00. The summed E-state index contributed by atoms with van der Waals surface area (Å²) < 4.78 is 10.9. The zero-order valence-electron chi connectivity index (χ0n) is 18.9. The summed E-state index contributed by atoms with van der Waals surface area (Å²) >= 11 is 1.16. The van der Waals surface area contributed by atoms with Crippen LogP contribution in [0.15, 0.2) is 59.5 Å². The highest BCUT2D eigenvalue weighted by Gasteiger charge is 2.63. The van der Waals surface area contributed by atoms with Crippen LogP contribution in [0, 0.1) is 10.1 Å². The van der Waals surface area contributed by atoms with Gasteiger partial charge in [0.05, 0.1) is 4.92 Å². The van der Waals surface area contributed by atoms with E-state index < -0.39 is 45.7 Å². The highest BCUT2D eigenvalue weighted by atomic mass is 32.2. The van der Waals surface area contributed by atoms with Gasteiger partial charge in [-0.05, 0) is 29.8 Å². The maximum atomic E-state index is 13.3. The van der Waals surface area contributed by atoms with E-state index >= 15 is 0 Å². The van der Waals surface area contributed by atoms with Crippen molar-refractivity contribution in [1.82, 2.24) is 10.4 Å². The molecule has 2 heterocycles. The van der Waals surface area contributed by atoms with E-state index in [-0.39, 0.29) is 25.3 Å². The van der Waals surface area contributed by atoms with Gasteiger partial charge in [-0.2, -0.15) is 5.06 Å². The summed E-state index contributed by atoms with van der Waals surface area (Å²) in [6.07, 6.45) is -0.261. The molecule has 12 nitrogen and oxygen atoms in total. The van der Waals surface area contributed by atoms with Crippen molar-refractivity contribution in [3.8, 4) is 0 Å². The summed E-state index contributed by atoms with van der Waals surface area (Å²) in [4.78, 5) is 67.1. The SMILES string of the molecule is CC(=O)NC1CON(C2(C(=O)OCc3ccc([N+](=O)[O-])cc3)CC(Sc3ccccc3)C(=O)O2)C1=O. The van der Waals surface area contributed by atoms with Gasteiger partial charge in [0.25, 0.3) is 11.6 Å². The van der Waals surface area contributed by atoms with Crippen LogP contribution in [0.2, 0.25) is 0 Å². The Morgan fingerprint density at radius 2 is 1.89 bits per heavy atom. The number of carbonyl (C=O) groups is 4. The summed E-state index contributed by atoms with van der Waals surface area (Å²) in [5.74, 6) is -3.04. The number of nitro benzene ring substituents is 1. The Hall–Kier alpha value is -3.97. The fourth-order valence-corrected chi connectivity index (χ4v) is 4.82. The van der Waals surface area contributed by atoms with Crippen molar-refractivity contribution in [2.75, 3.05) is 6.61 Å². The first-order chi connectivity index (χ1) is 17.2. The first-order valence-electron chi connectivity index (χ1n) is 10.8. The van der Waals surface area contributed by atoms with Gasteiger partial charge in [-0.1, -0.05) is 18.2 Å².